The van der Waals surface area contributed by atoms with Gasteiger partial charge in [-0.05, 0) is 48.7 Å². The summed E-state index contributed by atoms with van der Waals surface area (Å²) >= 11 is 8.51. The third kappa shape index (κ3) is 3.38. The number of halogens is 1. The first-order valence-corrected chi connectivity index (χ1v) is 12.0. The monoisotopic (exact) mass is 481 g/mol. The van der Waals surface area contributed by atoms with Gasteiger partial charge in [0.2, 0.25) is 5.91 Å². The van der Waals surface area contributed by atoms with E-state index in [1.54, 1.807) is 21.1 Å². The van der Waals surface area contributed by atoms with Gasteiger partial charge in [-0.1, -0.05) is 30.3 Å². The smallest absolute Gasteiger partial charge is 0.258 e. The van der Waals surface area contributed by atoms with E-state index in [0.717, 1.165) is 37.3 Å². The molecule has 33 heavy (non-hydrogen) atoms. The minimum absolute atomic E-state index is 0.121. The number of rotatable bonds is 2. The number of anilines is 1. The maximum Gasteiger partial charge on any atom is 0.258 e. The molecule has 3 aromatic rings. The van der Waals surface area contributed by atoms with Crippen LogP contribution in [0.2, 0.25) is 5.02 Å². The van der Waals surface area contributed by atoms with Gasteiger partial charge in [0.05, 0.1) is 21.6 Å². The Balaban J connectivity index is 1.61. The number of amides is 2. The number of piperazine rings is 1. The lowest BCUT2D eigenvalue weighted by molar-refractivity contribution is -0.128. The highest BCUT2D eigenvalue weighted by Crippen LogP contribution is 2.47. The van der Waals surface area contributed by atoms with E-state index in [1.165, 1.54) is 6.08 Å². The zero-order chi connectivity index (χ0) is 23.4. The number of benzene rings is 2. The molecule has 8 heteroatoms. The highest BCUT2D eigenvalue weighted by atomic mass is 35.5. The second-order valence-corrected chi connectivity index (χ2v) is 9.94. The largest absolute Gasteiger partial charge is 0.489 e. The fourth-order valence-electron chi connectivity index (χ4n) is 4.85. The average Bonchev–Trinajstić information content (AvgIpc) is 3.02. The molecule has 170 valence electrons. The van der Waals surface area contributed by atoms with Crippen LogP contribution in [-0.4, -0.2) is 53.9 Å². The van der Waals surface area contributed by atoms with Crippen molar-refractivity contribution in [3.8, 4) is 16.9 Å². The van der Waals surface area contributed by atoms with E-state index in [2.05, 4.69) is 6.58 Å². The third-order valence-electron chi connectivity index (χ3n) is 6.56. The summed E-state index contributed by atoms with van der Waals surface area (Å²) in [5.74, 6) is 0.138. The van der Waals surface area contributed by atoms with Crippen molar-refractivity contribution in [2.75, 3.05) is 32.0 Å². The Morgan fingerprint density at radius 1 is 1.30 bits per heavy atom. The molecular weight excluding hydrogens is 458 g/mol. The van der Waals surface area contributed by atoms with Gasteiger partial charge < -0.3 is 20.3 Å². The number of fused-ring (bicyclic) bond motifs is 3. The third-order valence-corrected chi connectivity index (χ3v) is 8.01. The summed E-state index contributed by atoms with van der Waals surface area (Å²) in [5.41, 5.74) is 10.4. The maximum absolute atomic E-state index is 13.5. The van der Waals surface area contributed by atoms with Crippen LogP contribution >= 0.6 is 22.9 Å². The second-order valence-electron chi connectivity index (χ2n) is 8.48. The first kappa shape index (κ1) is 21.8. The van der Waals surface area contributed by atoms with Crippen molar-refractivity contribution in [1.29, 1.82) is 0 Å². The van der Waals surface area contributed by atoms with Crippen molar-refractivity contribution in [2.45, 2.75) is 19.9 Å². The number of hydrogen-bond acceptors (Lipinski definition) is 5. The molecule has 1 atom stereocenters. The summed E-state index contributed by atoms with van der Waals surface area (Å²) in [7, 11) is 0. The summed E-state index contributed by atoms with van der Waals surface area (Å²) in [6, 6.07) is 7.69. The zero-order valence-corrected chi connectivity index (χ0v) is 20.1. The zero-order valence-electron chi connectivity index (χ0n) is 18.5. The number of ether oxygens (including phenoxy) is 1. The molecule has 2 aromatic carbocycles. The first-order valence-electron chi connectivity index (χ1n) is 10.8. The molecule has 2 aliphatic heterocycles. The van der Waals surface area contributed by atoms with E-state index in [0.29, 0.717) is 36.0 Å². The minimum Gasteiger partial charge on any atom is -0.489 e. The summed E-state index contributed by atoms with van der Waals surface area (Å²) in [4.78, 5) is 29.1. The number of nitrogens with zero attached hydrogens (tertiary/aromatic N) is 2. The molecule has 5 rings (SSSR count). The van der Waals surface area contributed by atoms with Crippen LogP contribution in [-0.2, 0) is 4.79 Å². The Kier molecular flexibility index (Phi) is 5.34. The molecule has 6 nitrogen and oxygen atoms in total. The maximum atomic E-state index is 13.5. The van der Waals surface area contributed by atoms with Gasteiger partial charge in [0.1, 0.15) is 6.61 Å². The van der Waals surface area contributed by atoms with Gasteiger partial charge in [-0.3, -0.25) is 9.59 Å². The molecule has 1 saturated heterocycles. The summed E-state index contributed by atoms with van der Waals surface area (Å²) in [6.07, 6.45) is 1.30. The van der Waals surface area contributed by atoms with Gasteiger partial charge in [-0.25, -0.2) is 0 Å². The molecule has 0 spiro atoms. The number of carbonyl (C=O) groups is 2. The van der Waals surface area contributed by atoms with Gasteiger partial charge in [-0.15, -0.1) is 11.3 Å². The van der Waals surface area contributed by atoms with Gasteiger partial charge >= 0.3 is 0 Å². The Bertz CT molecular complexity index is 1330. The molecule has 0 bridgehead atoms. The quantitative estimate of drug-likeness (QED) is 0.540. The van der Waals surface area contributed by atoms with Crippen LogP contribution in [0.4, 0.5) is 5.00 Å². The van der Waals surface area contributed by atoms with E-state index in [4.69, 9.17) is 22.1 Å². The standard InChI is InChI=1S/C25H24ClN3O3S/c1-4-19(30)28-8-9-29-15(11-28)12-32-23-17(25(29)31)10-13(2)20(22(23)26)16-6-5-7-18-21(16)14(3)24(27)33-18/h4-7,10,15H,1,8-9,11-12,27H2,2-3H3/t15-/m1/s1. The van der Waals surface area contributed by atoms with Crippen molar-refractivity contribution in [3.05, 3.63) is 58.6 Å². The van der Waals surface area contributed by atoms with Crippen molar-refractivity contribution in [2.24, 2.45) is 0 Å². The summed E-state index contributed by atoms with van der Waals surface area (Å²) in [5, 5.41) is 2.28. The fraction of sp³-hybridized carbons (Fsp3) is 0.280. The predicted octanol–water partition coefficient (Wildman–Crippen LogP) is 4.65. The Labute approximate surface area is 201 Å². The molecule has 2 N–H and O–H groups in total. The Morgan fingerprint density at radius 2 is 2.09 bits per heavy atom. The molecule has 0 aliphatic carbocycles. The molecule has 0 radical (unpaired) electrons. The van der Waals surface area contributed by atoms with E-state index < -0.39 is 0 Å². The van der Waals surface area contributed by atoms with Gasteiger partial charge in [0, 0.05) is 35.3 Å². The van der Waals surface area contributed by atoms with Gasteiger partial charge in [0.15, 0.2) is 5.75 Å². The van der Waals surface area contributed by atoms with Gasteiger partial charge in [-0.2, -0.15) is 0 Å². The van der Waals surface area contributed by atoms with Crippen LogP contribution in [0.1, 0.15) is 21.5 Å². The lowest BCUT2D eigenvalue weighted by Crippen LogP contribution is -2.57. The molecule has 0 saturated carbocycles. The number of carbonyl (C=O) groups excluding carboxylic acids is 2. The van der Waals surface area contributed by atoms with Gasteiger partial charge in [0.25, 0.3) is 5.91 Å². The van der Waals surface area contributed by atoms with E-state index in [-0.39, 0.29) is 24.5 Å². The van der Waals surface area contributed by atoms with Crippen LogP contribution in [0.5, 0.6) is 5.75 Å². The molecule has 1 fully saturated rings. The fourth-order valence-corrected chi connectivity index (χ4v) is 6.26. The van der Waals surface area contributed by atoms with E-state index in [1.807, 2.05) is 38.1 Å². The molecule has 2 aliphatic rings. The Morgan fingerprint density at radius 3 is 2.85 bits per heavy atom. The summed E-state index contributed by atoms with van der Waals surface area (Å²) < 4.78 is 7.26. The van der Waals surface area contributed by atoms with Crippen molar-refractivity contribution in [3.63, 3.8) is 0 Å². The highest BCUT2D eigenvalue weighted by Gasteiger charge is 2.38. The number of aryl methyl sites for hydroxylation is 2. The van der Waals surface area contributed by atoms with Crippen LogP contribution in [0.3, 0.4) is 0 Å². The second kappa shape index (κ2) is 8.08. The van der Waals surface area contributed by atoms with Crippen LogP contribution in [0, 0.1) is 13.8 Å². The normalized spacial score (nSPS) is 17.9. The lowest BCUT2D eigenvalue weighted by Gasteiger charge is -2.39. The first-order chi connectivity index (χ1) is 15.8. The van der Waals surface area contributed by atoms with Crippen molar-refractivity contribution < 1.29 is 14.3 Å². The summed E-state index contributed by atoms with van der Waals surface area (Å²) in [6.45, 7) is 9.11. The predicted molar refractivity (Wildman–Crippen MR) is 133 cm³/mol. The lowest BCUT2D eigenvalue weighted by atomic mass is 9.93. The topological polar surface area (TPSA) is 75.9 Å². The number of hydrogen-bond donors (Lipinski definition) is 1. The molecule has 2 amide bonds. The van der Waals surface area contributed by atoms with Crippen LogP contribution in [0.25, 0.3) is 21.2 Å². The Hall–Kier alpha value is -3.03. The van der Waals surface area contributed by atoms with E-state index >= 15 is 0 Å². The van der Waals surface area contributed by atoms with Crippen molar-refractivity contribution >= 4 is 49.8 Å². The molecule has 1 aromatic heterocycles. The van der Waals surface area contributed by atoms with Crippen molar-refractivity contribution in [1.82, 2.24) is 9.80 Å². The average molecular weight is 482 g/mol. The molecular formula is C25H24ClN3O3S. The minimum atomic E-state index is -0.246. The highest BCUT2D eigenvalue weighted by molar-refractivity contribution is 7.23. The van der Waals surface area contributed by atoms with E-state index in [9.17, 15) is 9.59 Å². The molecule has 3 heterocycles. The number of nitrogens with two attached hydrogens (primary N) is 1. The number of nitrogen functional groups attached to an aromatic ring is 1. The van der Waals surface area contributed by atoms with Crippen LogP contribution < -0.4 is 10.5 Å². The van der Waals surface area contributed by atoms with Crippen LogP contribution in [0.15, 0.2) is 36.9 Å². The SMILES string of the molecule is C=CC(=O)N1CCN2C(=O)c3cc(C)c(-c4cccc5sc(N)c(C)c45)c(Cl)c3OC[C@H]2C1. The number of thiophene rings is 1. The molecule has 0 unspecified atom stereocenters.